The van der Waals surface area contributed by atoms with Gasteiger partial charge < -0.3 is 9.84 Å². The van der Waals surface area contributed by atoms with Crippen LogP contribution in [0.5, 0.6) is 0 Å². The van der Waals surface area contributed by atoms with E-state index in [0.29, 0.717) is 23.3 Å². The number of nitrogens with one attached hydrogen (secondary N) is 1. The van der Waals surface area contributed by atoms with Crippen LogP contribution in [0.15, 0.2) is 28.8 Å². The van der Waals surface area contributed by atoms with E-state index in [2.05, 4.69) is 22.4 Å². The quantitative estimate of drug-likeness (QED) is 0.943. The molecule has 1 heterocycles. The van der Waals surface area contributed by atoms with Crippen molar-refractivity contribution in [2.24, 2.45) is 5.92 Å². The Kier molecular flexibility index (Phi) is 4.22. The van der Waals surface area contributed by atoms with Gasteiger partial charge in [0.2, 0.25) is 0 Å². The molecular formula is C17H21N3O2. The normalized spacial score (nSPS) is 21.5. The fraction of sp³-hybridized carbons (Fsp3) is 0.471. The molecular weight excluding hydrogens is 278 g/mol. The largest absolute Gasteiger partial charge is 0.349 e. The molecule has 0 atom stereocenters. The molecule has 0 unspecified atom stereocenters. The summed E-state index contributed by atoms with van der Waals surface area (Å²) in [5.41, 5.74) is 1.49. The summed E-state index contributed by atoms with van der Waals surface area (Å²) in [4.78, 5) is 16.5. The van der Waals surface area contributed by atoms with Gasteiger partial charge in [0.05, 0.1) is 0 Å². The number of aryl methyl sites for hydroxylation is 1. The van der Waals surface area contributed by atoms with Crippen LogP contribution < -0.4 is 5.32 Å². The van der Waals surface area contributed by atoms with Crippen LogP contribution in [0.4, 0.5) is 0 Å². The number of hydrogen-bond acceptors (Lipinski definition) is 4. The average molecular weight is 299 g/mol. The Morgan fingerprint density at radius 2 is 1.86 bits per heavy atom. The summed E-state index contributed by atoms with van der Waals surface area (Å²) in [7, 11) is 0. The first kappa shape index (κ1) is 14.8. The Morgan fingerprint density at radius 3 is 2.45 bits per heavy atom. The molecule has 1 aliphatic rings. The van der Waals surface area contributed by atoms with Crippen LogP contribution in [0, 0.1) is 12.8 Å². The maximum Gasteiger partial charge on any atom is 0.257 e. The highest BCUT2D eigenvalue weighted by Gasteiger charge is 2.20. The fourth-order valence-electron chi connectivity index (χ4n) is 2.85. The lowest BCUT2D eigenvalue weighted by molar-refractivity contribution is 0.0923. The first-order valence-electron chi connectivity index (χ1n) is 7.83. The number of nitrogens with zero attached hydrogens (tertiary/aromatic N) is 2. The zero-order valence-electron chi connectivity index (χ0n) is 13.0. The topological polar surface area (TPSA) is 68.0 Å². The van der Waals surface area contributed by atoms with Crippen molar-refractivity contribution in [1.29, 1.82) is 0 Å². The van der Waals surface area contributed by atoms with Crippen molar-refractivity contribution in [3.8, 4) is 11.5 Å². The molecule has 0 bridgehead atoms. The van der Waals surface area contributed by atoms with E-state index in [4.69, 9.17) is 4.52 Å². The summed E-state index contributed by atoms with van der Waals surface area (Å²) >= 11 is 0. The van der Waals surface area contributed by atoms with Gasteiger partial charge in [0, 0.05) is 17.2 Å². The van der Waals surface area contributed by atoms with E-state index in [1.54, 1.807) is 19.1 Å². The second-order valence-corrected chi connectivity index (χ2v) is 6.15. The maximum absolute atomic E-state index is 12.3. The summed E-state index contributed by atoms with van der Waals surface area (Å²) in [5, 5.41) is 6.90. The van der Waals surface area contributed by atoms with Crippen molar-refractivity contribution >= 4 is 5.91 Å². The summed E-state index contributed by atoms with van der Waals surface area (Å²) in [6.07, 6.45) is 4.54. The number of hydrogen-bond donors (Lipinski definition) is 1. The van der Waals surface area contributed by atoms with E-state index in [-0.39, 0.29) is 5.91 Å². The van der Waals surface area contributed by atoms with Crippen molar-refractivity contribution in [3.05, 3.63) is 35.7 Å². The Hall–Kier alpha value is -2.17. The van der Waals surface area contributed by atoms with Crippen LogP contribution in [-0.2, 0) is 0 Å². The predicted molar refractivity (Wildman–Crippen MR) is 83.4 cm³/mol. The number of carbonyl (C=O) groups is 1. The summed E-state index contributed by atoms with van der Waals surface area (Å²) < 4.78 is 5.12. The van der Waals surface area contributed by atoms with Gasteiger partial charge in [0.1, 0.15) is 0 Å². The summed E-state index contributed by atoms with van der Waals surface area (Å²) in [6, 6.07) is 7.59. The zero-order valence-corrected chi connectivity index (χ0v) is 13.0. The number of aromatic nitrogens is 2. The highest BCUT2D eigenvalue weighted by atomic mass is 16.5. The summed E-state index contributed by atoms with van der Waals surface area (Å²) in [5.74, 6) is 1.85. The van der Waals surface area contributed by atoms with Crippen LogP contribution in [0.2, 0.25) is 0 Å². The molecule has 0 spiro atoms. The van der Waals surface area contributed by atoms with E-state index in [1.165, 1.54) is 12.8 Å². The summed E-state index contributed by atoms with van der Waals surface area (Å²) in [6.45, 7) is 4.05. The molecule has 1 fully saturated rings. The minimum atomic E-state index is -0.00665. The Balaban J connectivity index is 1.63. The zero-order chi connectivity index (χ0) is 15.5. The lowest BCUT2D eigenvalue weighted by Gasteiger charge is -2.26. The molecule has 22 heavy (non-hydrogen) atoms. The van der Waals surface area contributed by atoms with Crippen LogP contribution >= 0.6 is 0 Å². The highest BCUT2D eigenvalue weighted by molar-refractivity contribution is 5.94. The third-order valence-electron chi connectivity index (χ3n) is 4.27. The molecule has 0 saturated heterocycles. The molecule has 1 saturated carbocycles. The van der Waals surface area contributed by atoms with Gasteiger partial charge in [-0.2, -0.15) is 4.98 Å². The van der Waals surface area contributed by atoms with Gasteiger partial charge in [0.15, 0.2) is 5.82 Å². The number of rotatable bonds is 3. The molecule has 5 nitrogen and oxygen atoms in total. The van der Waals surface area contributed by atoms with E-state index in [0.717, 1.165) is 24.3 Å². The Morgan fingerprint density at radius 1 is 1.18 bits per heavy atom. The lowest BCUT2D eigenvalue weighted by Crippen LogP contribution is -2.37. The van der Waals surface area contributed by atoms with Gasteiger partial charge >= 0.3 is 0 Å². The average Bonchev–Trinajstić information content (AvgIpc) is 2.96. The second kappa shape index (κ2) is 6.30. The number of carbonyl (C=O) groups excluding carboxylic acids is 1. The third kappa shape index (κ3) is 3.35. The number of benzene rings is 1. The minimum absolute atomic E-state index is 0.00665. The van der Waals surface area contributed by atoms with Crippen molar-refractivity contribution in [2.45, 2.75) is 45.6 Å². The highest BCUT2D eigenvalue weighted by Crippen LogP contribution is 2.24. The molecule has 1 aromatic carbocycles. The molecule has 0 radical (unpaired) electrons. The van der Waals surface area contributed by atoms with Crippen LogP contribution in [0.25, 0.3) is 11.5 Å². The molecule has 1 aliphatic carbocycles. The fourth-order valence-corrected chi connectivity index (χ4v) is 2.85. The van der Waals surface area contributed by atoms with Gasteiger partial charge in [-0.3, -0.25) is 4.79 Å². The second-order valence-electron chi connectivity index (χ2n) is 6.15. The van der Waals surface area contributed by atoms with Crippen LogP contribution in [-0.4, -0.2) is 22.1 Å². The maximum atomic E-state index is 12.3. The molecule has 3 rings (SSSR count). The molecule has 1 aromatic heterocycles. The van der Waals surface area contributed by atoms with Gasteiger partial charge in [-0.05, 0) is 62.8 Å². The van der Waals surface area contributed by atoms with E-state index < -0.39 is 0 Å². The predicted octanol–water partition coefficient (Wildman–Crippen LogP) is 3.35. The van der Waals surface area contributed by atoms with Gasteiger partial charge in [0.25, 0.3) is 11.8 Å². The van der Waals surface area contributed by atoms with Gasteiger partial charge in [-0.25, -0.2) is 0 Å². The smallest absolute Gasteiger partial charge is 0.257 e. The van der Waals surface area contributed by atoms with E-state index >= 15 is 0 Å². The van der Waals surface area contributed by atoms with Crippen molar-refractivity contribution in [3.63, 3.8) is 0 Å². The van der Waals surface area contributed by atoms with Crippen molar-refractivity contribution < 1.29 is 9.32 Å². The van der Waals surface area contributed by atoms with Crippen LogP contribution in [0.1, 0.15) is 48.8 Å². The van der Waals surface area contributed by atoms with Crippen LogP contribution in [0.3, 0.4) is 0 Å². The van der Waals surface area contributed by atoms with Crippen molar-refractivity contribution in [2.75, 3.05) is 0 Å². The molecule has 1 amide bonds. The first-order chi connectivity index (χ1) is 10.6. The van der Waals surface area contributed by atoms with Gasteiger partial charge in [-0.1, -0.05) is 12.1 Å². The third-order valence-corrected chi connectivity index (χ3v) is 4.27. The lowest BCUT2D eigenvalue weighted by atomic mass is 9.87. The standard InChI is InChI=1S/C17H21N3O2/c1-11-3-9-15(10-4-11)19-16(21)13-5-7-14(8-6-13)17-18-12(2)20-22-17/h5-8,11,15H,3-4,9-10H2,1-2H3,(H,19,21). The number of amides is 1. The van der Waals surface area contributed by atoms with Gasteiger partial charge in [-0.15, -0.1) is 0 Å². The Bertz CT molecular complexity index is 640. The monoisotopic (exact) mass is 299 g/mol. The molecule has 116 valence electrons. The van der Waals surface area contributed by atoms with E-state index in [9.17, 15) is 4.79 Å². The molecule has 5 heteroatoms. The Labute approximate surface area is 130 Å². The first-order valence-corrected chi connectivity index (χ1v) is 7.83. The molecule has 2 aromatic rings. The van der Waals surface area contributed by atoms with Crippen molar-refractivity contribution in [1.82, 2.24) is 15.5 Å². The minimum Gasteiger partial charge on any atom is -0.349 e. The SMILES string of the molecule is Cc1noc(-c2ccc(C(=O)NC3CCC(C)CC3)cc2)n1. The molecule has 1 N–H and O–H groups in total. The molecule has 0 aliphatic heterocycles. The van der Waals surface area contributed by atoms with E-state index in [1.807, 2.05) is 12.1 Å².